The van der Waals surface area contributed by atoms with Gasteiger partial charge in [-0.2, -0.15) is 0 Å². The molecule has 2 amide bonds. The first-order chi connectivity index (χ1) is 17.0. The minimum Gasteiger partial charge on any atom is -0.396 e. The summed E-state index contributed by atoms with van der Waals surface area (Å²) in [5, 5.41) is 13.2. The second-order valence-corrected chi connectivity index (χ2v) is 8.93. The highest BCUT2D eigenvalue weighted by atomic mass is 19.1. The SMILES string of the molecule is O=C(NCc1ccc(F)cc1)[C@@H]1[C@@H](CO)[C@@H]2Cn3c(cccc3=O)[C@H]1N2C(=O)Cc1ccccn1. The summed E-state index contributed by atoms with van der Waals surface area (Å²) < 4.78 is 14.8. The lowest BCUT2D eigenvalue weighted by Crippen LogP contribution is -2.49. The Balaban J connectivity index is 1.48. The maximum absolute atomic E-state index is 13.5. The number of carbonyl (C=O) groups is 2. The van der Waals surface area contributed by atoms with Gasteiger partial charge in [-0.05, 0) is 35.9 Å². The molecule has 0 aliphatic carbocycles. The lowest BCUT2D eigenvalue weighted by molar-refractivity contribution is -0.136. The zero-order valence-electron chi connectivity index (χ0n) is 18.9. The summed E-state index contributed by atoms with van der Waals surface area (Å²) in [5.41, 5.74) is 1.69. The number of halogens is 1. The van der Waals surface area contributed by atoms with Crippen LogP contribution in [0.3, 0.4) is 0 Å². The summed E-state index contributed by atoms with van der Waals surface area (Å²) in [6, 6.07) is 14.8. The van der Waals surface area contributed by atoms with Gasteiger partial charge in [0.25, 0.3) is 5.56 Å². The number of rotatable bonds is 6. The van der Waals surface area contributed by atoms with Gasteiger partial charge in [0.15, 0.2) is 0 Å². The molecule has 0 unspecified atom stereocenters. The van der Waals surface area contributed by atoms with Gasteiger partial charge >= 0.3 is 0 Å². The van der Waals surface area contributed by atoms with Crippen LogP contribution in [-0.2, 0) is 29.1 Å². The molecule has 0 spiro atoms. The molecule has 5 rings (SSSR count). The van der Waals surface area contributed by atoms with Crippen molar-refractivity contribution < 1.29 is 19.1 Å². The number of aliphatic hydroxyl groups is 1. The Bertz CT molecular complexity index is 1290. The first kappa shape index (κ1) is 22.9. The Morgan fingerprint density at radius 3 is 2.60 bits per heavy atom. The van der Waals surface area contributed by atoms with E-state index < -0.39 is 23.9 Å². The lowest BCUT2D eigenvalue weighted by Gasteiger charge is -2.38. The zero-order chi connectivity index (χ0) is 24.5. The summed E-state index contributed by atoms with van der Waals surface area (Å²) in [5.74, 6) is -2.22. The van der Waals surface area contributed by atoms with Crippen LogP contribution in [0.15, 0.2) is 71.7 Å². The molecule has 180 valence electrons. The van der Waals surface area contributed by atoms with Crippen molar-refractivity contribution in [2.75, 3.05) is 6.61 Å². The lowest BCUT2D eigenvalue weighted by atomic mass is 9.86. The van der Waals surface area contributed by atoms with Crippen LogP contribution in [0.1, 0.15) is 23.0 Å². The zero-order valence-corrected chi connectivity index (χ0v) is 18.9. The fourth-order valence-electron chi connectivity index (χ4n) is 5.36. The summed E-state index contributed by atoms with van der Waals surface area (Å²) in [4.78, 5) is 45.5. The normalized spacial score (nSPS) is 22.5. The quantitative estimate of drug-likeness (QED) is 0.560. The minimum atomic E-state index is -0.756. The first-order valence-electron chi connectivity index (χ1n) is 11.5. The molecule has 0 radical (unpaired) electrons. The summed E-state index contributed by atoms with van der Waals surface area (Å²) >= 11 is 0. The van der Waals surface area contributed by atoms with E-state index in [1.165, 1.54) is 18.2 Å². The van der Waals surface area contributed by atoms with Gasteiger partial charge in [-0.15, -0.1) is 0 Å². The molecular formula is C26H25FN4O4. The second kappa shape index (κ2) is 9.42. The molecule has 4 atom stereocenters. The molecule has 2 aliphatic rings. The van der Waals surface area contributed by atoms with Gasteiger partial charge in [-0.1, -0.05) is 24.3 Å². The monoisotopic (exact) mass is 476 g/mol. The van der Waals surface area contributed by atoms with E-state index in [0.717, 1.165) is 5.56 Å². The highest BCUT2D eigenvalue weighted by Crippen LogP contribution is 2.48. The van der Waals surface area contributed by atoms with Crippen molar-refractivity contribution in [2.45, 2.75) is 31.6 Å². The third-order valence-electron chi connectivity index (χ3n) is 6.95. The van der Waals surface area contributed by atoms with Crippen molar-refractivity contribution >= 4 is 11.8 Å². The highest BCUT2D eigenvalue weighted by Gasteiger charge is 2.57. The van der Waals surface area contributed by atoms with Crippen LogP contribution in [0.5, 0.6) is 0 Å². The number of fused-ring (bicyclic) bond motifs is 4. The summed E-state index contributed by atoms with van der Waals surface area (Å²) in [7, 11) is 0. The fourth-order valence-corrected chi connectivity index (χ4v) is 5.36. The number of aliphatic hydroxyl groups excluding tert-OH is 1. The Morgan fingerprint density at radius 2 is 1.89 bits per heavy atom. The van der Waals surface area contributed by atoms with Gasteiger partial charge in [0.1, 0.15) is 5.82 Å². The molecule has 2 bridgehead atoms. The molecule has 35 heavy (non-hydrogen) atoms. The van der Waals surface area contributed by atoms with Gasteiger partial charge in [-0.3, -0.25) is 19.4 Å². The van der Waals surface area contributed by atoms with Crippen LogP contribution >= 0.6 is 0 Å². The highest BCUT2D eigenvalue weighted by molar-refractivity contribution is 5.85. The van der Waals surface area contributed by atoms with Crippen molar-refractivity contribution in [3.8, 4) is 0 Å². The maximum Gasteiger partial charge on any atom is 0.250 e. The van der Waals surface area contributed by atoms with Crippen LogP contribution in [-0.4, -0.2) is 44.0 Å². The molecule has 1 aromatic carbocycles. The molecule has 2 aromatic heterocycles. The standard InChI is InChI=1S/C26H25FN4O4/c27-17-9-7-16(8-10-17)13-29-26(35)24-19(15-32)21-14-30-20(5-3-6-22(30)33)25(24)31(21)23(34)12-18-4-1-2-11-28-18/h1-11,19,21,24-25,32H,12-15H2,(H,29,35)/t19-,21-,24+,25+/m0/s1. The maximum atomic E-state index is 13.5. The number of hydrogen-bond acceptors (Lipinski definition) is 5. The van der Waals surface area contributed by atoms with Gasteiger partial charge in [0.05, 0.1) is 24.4 Å². The van der Waals surface area contributed by atoms with Gasteiger partial charge < -0.3 is 19.9 Å². The molecule has 3 aromatic rings. The van der Waals surface area contributed by atoms with Crippen LogP contribution < -0.4 is 10.9 Å². The minimum absolute atomic E-state index is 0.0486. The topological polar surface area (TPSA) is 105 Å². The third kappa shape index (κ3) is 4.23. The van der Waals surface area contributed by atoms with E-state index in [9.17, 15) is 23.9 Å². The number of amides is 2. The second-order valence-electron chi connectivity index (χ2n) is 8.93. The molecule has 4 heterocycles. The van der Waals surface area contributed by atoms with Crippen LogP contribution in [0.25, 0.3) is 0 Å². The van der Waals surface area contributed by atoms with E-state index in [1.807, 2.05) is 0 Å². The van der Waals surface area contributed by atoms with Crippen molar-refractivity contribution in [2.24, 2.45) is 11.8 Å². The Morgan fingerprint density at radius 1 is 1.09 bits per heavy atom. The van der Waals surface area contributed by atoms with Crippen molar-refractivity contribution in [3.63, 3.8) is 0 Å². The number of carbonyl (C=O) groups excluding carboxylic acids is 2. The van der Waals surface area contributed by atoms with Gasteiger partial charge in [-0.25, -0.2) is 4.39 Å². The van der Waals surface area contributed by atoms with E-state index in [4.69, 9.17) is 0 Å². The third-order valence-corrected chi connectivity index (χ3v) is 6.95. The molecule has 1 saturated heterocycles. The molecular weight excluding hydrogens is 451 g/mol. The molecule has 1 fully saturated rings. The number of pyridine rings is 2. The molecule has 2 aliphatic heterocycles. The van der Waals surface area contributed by atoms with Crippen molar-refractivity contribution in [1.29, 1.82) is 0 Å². The average Bonchev–Trinajstić information content (AvgIpc) is 3.11. The smallest absolute Gasteiger partial charge is 0.250 e. The van der Waals surface area contributed by atoms with Crippen LogP contribution in [0.4, 0.5) is 4.39 Å². The van der Waals surface area contributed by atoms with Crippen molar-refractivity contribution in [3.05, 3.63) is 100.0 Å². The van der Waals surface area contributed by atoms with Crippen LogP contribution in [0, 0.1) is 17.7 Å². The van der Waals surface area contributed by atoms with E-state index in [0.29, 0.717) is 11.4 Å². The van der Waals surface area contributed by atoms with Crippen molar-refractivity contribution in [1.82, 2.24) is 19.8 Å². The summed E-state index contributed by atoms with van der Waals surface area (Å²) in [6.07, 6.45) is 1.66. The first-order valence-corrected chi connectivity index (χ1v) is 11.5. The number of aromatic nitrogens is 2. The average molecular weight is 477 g/mol. The van der Waals surface area contributed by atoms with Gasteiger partial charge in [0.2, 0.25) is 11.8 Å². The van der Waals surface area contributed by atoms with E-state index in [2.05, 4.69) is 10.3 Å². The van der Waals surface area contributed by atoms with Crippen LogP contribution in [0.2, 0.25) is 0 Å². The predicted octanol–water partition coefficient (Wildman–Crippen LogP) is 1.43. The molecule has 2 N–H and O–H groups in total. The largest absolute Gasteiger partial charge is 0.396 e. The molecule has 8 nitrogen and oxygen atoms in total. The number of hydrogen-bond donors (Lipinski definition) is 2. The molecule has 9 heteroatoms. The van der Waals surface area contributed by atoms with E-state index >= 15 is 0 Å². The Labute approximate surface area is 201 Å². The molecule has 0 saturated carbocycles. The number of nitrogens with one attached hydrogen (secondary N) is 1. The Hall–Kier alpha value is -3.85. The number of benzene rings is 1. The number of nitrogens with zero attached hydrogens (tertiary/aromatic N) is 3. The van der Waals surface area contributed by atoms with Gasteiger partial charge in [0, 0.05) is 49.3 Å². The fraction of sp³-hybridized carbons (Fsp3) is 0.308. The Kier molecular flexibility index (Phi) is 6.17. The summed E-state index contributed by atoms with van der Waals surface area (Å²) in [6.45, 7) is 0.0625. The van der Waals surface area contributed by atoms with E-state index in [-0.39, 0.29) is 49.3 Å². The predicted molar refractivity (Wildman–Crippen MR) is 124 cm³/mol. The van der Waals surface area contributed by atoms with E-state index in [1.54, 1.807) is 58.1 Å².